The van der Waals surface area contributed by atoms with E-state index in [0.29, 0.717) is 24.7 Å². The number of hydrogen-bond acceptors (Lipinski definition) is 5. The van der Waals surface area contributed by atoms with Gasteiger partial charge in [-0.2, -0.15) is 0 Å². The molecule has 0 aliphatic carbocycles. The molecule has 1 aromatic heterocycles. The molecule has 0 spiro atoms. The number of anilines is 2. The van der Waals surface area contributed by atoms with Crippen LogP contribution in [0.5, 0.6) is 5.75 Å². The zero-order valence-electron chi connectivity index (χ0n) is 15.4. The zero-order chi connectivity index (χ0) is 19.1. The maximum absolute atomic E-state index is 12.4. The van der Waals surface area contributed by atoms with Crippen LogP contribution < -0.4 is 15.4 Å². The van der Waals surface area contributed by atoms with Crippen molar-refractivity contribution in [3.05, 3.63) is 77.7 Å². The molecule has 0 radical (unpaired) electrons. The summed E-state index contributed by atoms with van der Waals surface area (Å²) in [5, 5.41) is 6.05. The summed E-state index contributed by atoms with van der Waals surface area (Å²) < 4.78 is 5.60. The number of aryl methyl sites for hydroxylation is 1. The monoisotopic (exact) mass is 362 g/mol. The third kappa shape index (κ3) is 5.04. The van der Waals surface area contributed by atoms with Crippen LogP contribution in [0.3, 0.4) is 0 Å². The van der Waals surface area contributed by atoms with Gasteiger partial charge in [0.25, 0.3) is 5.91 Å². The van der Waals surface area contributed by atoms with Crippen LogP contribution in [-0.4, -0.2) is 22.5 Å². The predicted molar refractivity (Wildman–Crippen MR) is 105 cm³/mol. The van der Waals surface area contributed by atoms with E-state index in [1.54, 1.807) is 6.07 Å². The summed E-state index contributed by atoms with van der Waals surface area (Å²) in [6.07, 6.45) is 1.37. The molecule has 2 N–H and O–H groups in total. The van der Waals surface area contributed by atoms with Gasteiger partial charge in [0.15, 0.2) is 0 Å². The molecule has 0 atom stereocenters. The molecular weight excluding hydrogens is 340 g/mol. The van der Waals surface area contributed by atoms with Gasteiger partial charge in [0.1, 0.15) is 23.6 Å². The maximum atomic E-state index is 12.4. The van der Waals surface area contributed by atoms with Crippen molar-refractivity contribution < 1.29 is 9.53 Å². The van der Waals surface area contributed by atoms with Crippen LogP contribution in [-0.2, 0) is 6.54 Å². The highest BCUT2D eigenvalue weighted by atomic mass is 16.5. The van der Waals surface area contributed by atoms with Crippen LogP contribution in [0, 0.1) is 6.92 Å². The first-order valence-electron chi connectivity index (χ1n) is 8.80. The molecule has 0 unspecified atom stereocenters. The molecule has 2 aromatic carbocycles. The molecule has 0 bridgehead atoms. The van der Waals surface area contributed by atoms with Gasteiger partial charge >= 0.3 is 0 Å². The number of carbonyl (C=O) groups is 1. The Morgan fingerprint density at radius 2 is 1.85 bits per heavy atom. The Morgan fingerprint density at radius 3 is 2.63 bits per heavy atom. The van der Waals surface area contributed by atoms with E-state index in [9.17, 15) is 4.79 Å². The normalized spacial score (nSPS) is 10.3. The number of nitrogens with zero attached hydrogens (tertiary/aromatic N) is 2. The summed E-state index contributed by atoms with van der Waals surface area (Å²) in [6.45, 7) is 4.97. The molecule has 1 heterocycles. The van der Waals surface area contributed by atoms with E-state index in [1.807, 2.05) is 62.4 Å². The molecule has 138 valence electrons. The minimum absolute atomic E-state index is 0.251. The van der Waals surface area contributed by atoms with E-state index in [1.165, 1.54) is 11.9 Å². The van der Waals surface area contributed by atoms with Crippen molar-refractivity contribution in [2.75, 3.05) is 11.9 Å². The molecule has 0 saturated heterocycles. The first-order valence-corrected chi connectivity index (χ1v) is 8.80. The quantitative estimate of drug-likeness (QED) is 0.667. The second-order valence-electron chi connectivity index (χ2n) is 6.01. The average molecular weight is 362 g/mol. The van der Waals surface area contributed by atoms with Crippen molar-refractivity contribution in [1.82, 2.24) is 15.3 Å². The number of benzene rings is 2. The van der Waals surface area contributed by atoms with Crippen molar-refractivity contribution in [3.63, 3.8) is 0 Å². The Balaban J connectivity index is 1.68. The second kappa shape index (κ2) is 8.80. The Labute approximate surface area is 158 Å². The number of carbonyl (C=O) groups excluding carboxylic acids is 1. The van der Waals surface area contributed by atoms with Gasteiger partial charge in [-0.25, -0.2) is 9.97 Å². The summed E-state index contributed by atoms with van der Waals surface area (Å²) in [7, 11) is 0. The smallest absolute Gasteiger partial charge is 0.270 e. The summed E-state index contributed by atoms with van der Waals surface area (Å²) in [5.74, 6) is 1.00. The maximum Gasteiger partial charge on any atom is 0.270 e. The van der Waals surface area contributed by atoms with Crippen LogP contribution in [0.2, 0.25) is 0 Å². The van der Waals surface area contributed by atoms with Crippen LogP contribution in [0.4, 0.5) is 11.5 Å². The first kappa shape index (κ1) is 18.4. The molecule has 1 amide bonds. The number of hydrogen-bond donors (Lipinski definition) is 2. The summed E-state index contributed by atoms with van der Waals surface area (Å²) in [4.78, 5) is 20.7. The fourth-order valence-electron chi connectivity index (χ4n) is 2.52. The number of rotatable bonds is 7. The summed E-state index contributed by atoms with van der Waals surface area (Å²) >= 11 is 0. The van der Waals surface area contributed by atoms with Gasteiger partial charge in [-0.3, -0.25) is 4.79 Å². The standard InChI is InChI=1S/C21H22N4O2/c1-3-27-19-7-5-4-6-17(19)25-20-12-18(23-14-24-20)21(26)22-13-16-10-8-15(2)9-11-16/h4-12,14H,3,13H2,1-2H3,(H,22,26)(H,23,24,25). The fraction of sp³-hybridized carbons (Fsp3) is 0.190. The number of para-hydroxylation sites is 2. The van der Waals surface area contributed by atoms with Crippen molar-refractivity contribution in [1.29, 1.82) is 0 Å². The van der Waals surface area contributed by atoms with Crippen LogP contribution in [0.1, 0.15) is 28.5 Å². The fourth-order valence-corrected chi connectivity index (χ4v) is 2.52. The molecule has 6 nitrogen and oxygen atoms in total. The number of amides is 1. The van der Waals surface area contributed by atoms with Crippen LogP contribution in [0.15, 0.2) is 60.9 Å². The third-order valence-corrected chi connectivity index (χ3v) is 3.92. The molecule has 0 aliphatic heterocycles. The first-order chi connectivity index (χ1) is 13.2. The molecule has 3 rings (SSSR count). The van der Waals surface area contributed by atoms with E-state index >= 15 is 0 Å². The van der Waals surface area contributed by atoms with Gasteiger partial charge in [-0.15, -0.1) is 0 Å². The van der Waals surface area contributed by atoms with E-state index in [2.05, 4.69) is 20.6 Å². The van der Waals surface area contributed by atoms with Gasteiger partial charge in [0, 0.05) is 12.6 Å². The lowest BCUT2D eigenvalue weighted by atomic mass is 10.1. The molecular formula is C21H22N4O2. The van der Waals surface area contributed by atoms with Gasteiger partial charge in [0.2, 0.25) is 0 Å². The van der Waals surface area contributed by atoms with Gasteiger partial charge in [0.05, 0.1) is 12.3 Å². The molecule has 0 saturated carbocycles. The lowest BCUT2D eigenvalue weighted by molar-refractivity contribution is 0.0946. The molecule has 0 aliphatic rings. The summed E-state index contributed by atoms with van der Waals surface area (Å²) in [6, 6.07) is 17.2. The Bertz CT molecular complexity index is 910. The lowest BCUT2D eigenvalue weighted by Gasteiger charge is -2.12. The summed E-state index contributed by atoms with van der Waals surface area (Å²) in [5.41, 5.74) is 3.30. The van der Waals surface area contributed by atoms with E-state index in [4.69, 9.17) is 4.74 Å². The Morgan fingerprint density at radius 1 is 1.07 bits per heavy atom. The minimum atomic E-state index is -0.251. The van der Waals surface area contributed by atoms with Crippen molar-refractivity contribution in [2.45, 2.75) is 20.4 Å². The van der Waals surface area contributed by atoms with Crippen LogP contribution in [0.25, 0.3) is 0 Å². The van der Waals surface area contributed by atoms with E-state index < -0.39 is 0 Å². The van der Waals surface area contributed by atoms with Gasteiger partial charge < -0.3 is 15.4 Å². The average Bonchev–Trinajstić information content (AvgIpc) is 2.69. The molecule has 0 fully saturated rings. The highest BCUT2D eigenvalue weighted by molar-refractivity contribution is 5.93. The van der Waals surface area contributed by atoms with Crippen molar-refractivity contribution >= 4 is 17.4 Å². The third-order valence-electron chi connectivity index (χ3n) is 3.92. The predicted octanol–water partition coefficient (Wildman–Crippen LogP) is 3.86. The topological polar surface area (TPSA) is 76.1 Å². The SMILES string of the molecule is CCOc1ccccc1Nc1cc(C(=O)NCc2ccc(C)cc2)ncn1. The van der Waals surface area contributed by atoms with Crippen molar-refractivity contribution in [3.8, 4) is 5.75 Å². The number of nitrogens with one attached hydrogen (secondary N) is 2. The Hall–Kier alpha value is -3.41. The lowest BCUT2D eigenvalue weighted by Crippen LogP contribution is -2.24. The van der Waals surface area contributed by atoms with E-state index in [0.717, 1.165) is 17.0 Å². The Kier molecular flexibility index (Phi) is 5.99. The molecule has 6 heteroatoms. The molecule has 3 aromatic rings. The zero-order valence-corrected chi connectivity index (χ0v) is 15.4. The van der Waals surface area contributed by atoms with E-state index in [-0.39, 0.29) is 5.91 Å². The molecule has 27 heavy (non-hydrogen) atoms. The van der Waals surface area contributed by atoms with Gasteiger partial charge in [-0.1, -0.05) is 42.0 Å². The number of ether oxygens (including phenoxy) is 1. The number of aromatic nitrogens is 2. The minimum Gasteiger partial charge on any atom is -0.492 e. The highest BCUT2D eigenvalue weighted by Gasteiger charge is 2.10. The second-order valence-corrected chi connectivity index (χ2v) is 6.01. The largest absolute Gasteiger partial charge is 0.492 e. The van der Waals surface area contributed by atoms with Gasteiger partial charge in [-0.05, 0) is 31.5 Å². The highest BCUT2D eigenvalue weighted by Crippen LogP contribution is 2.26. The van der Waals surface area contributed by atoms with Crippen LogP contribution >= 0.6 is 0 Å². The van der Waals surface area contributed by atoms with Crippen molar-refractivity contribution in [2.24, 2.45) is 0 Å².